The van der Waals surface area contributed by atoms with Crippen LogP contribution in [0.5, 0.6) is 0 Å². The van der Waals surface area contributed by atoms with E-state index in [0.717, 1.165) is 0 Å². The predicted octanol–water partition coefficient (Wildman–Crippen LogP) is -0.0470. The van der Waals surface area contributed by atoms with Crippen LogP contribution in [0.4, 0.5) is 0 Å². The van der Waals surface area contributed by atoms with Gasteiger partial charge in [0.1, 0.15) is 0 Å². The second-order valence-electron chi connectivity index (χ2n) is 4.24. The van der Waals surface area contributed by atoms with Gasteiger partial charge >= 0.3 is 0 Å². The van der Waals surface area contributed by atoms with Crippen LogP contribution < -0.4 is 5.73 Å². The maximum atomic E-state index is 11.4. The van der Waals surface area contributed by atoms with Crippen molar-refractivity contribution in [2.75, 3.05) is 13.6 Å². The SMILES string of the molecule is CC(N)CC(=O)N(C)CC(C)(C)O. The van der Waals surface area contributed by atoms with Gasteiger partial charge in [0.15, 0.2) is 0 Å². The topological polar surface area (TPSA) is 66.6 Å². The number of amides is 1. The van der Waals surface area contributed by atoms with Crippen LogP contribution in [0.2, 0.25) is 0 Å². The number of rotatable bonds is 4. The van der Waals surface area contributed by atoms with Crippen molar-refractivity contribution in [2.24, 2.45) is 5.73 Å². The molecule has 0 aromatic carbocycles. The van der Waals surface area contributed by atoms with Gasteiger partial charge in [-0.15, -0.1) is 0 Å². The van der Waals surface area contributed by atoms with Crippen LogP contribution in [-0.4, -0.2) is 41.1 Å². The van der Waals surface area contributed by atoms with E-state index in [9.17, 15) is 9.90 Å². The summed E-state index contributed by atoms with van der Waals surface area (Å²) in [6.07, 6.45) is 0.326. The van der Waals surface area contributed by atoms with Crippen LogP contribution >= 0.6 is 0 Å². The first-order valence-electron chi connectivity index (χ1n) is 4.44. The minimum Gasteiger partial charge on any atom is -0.389 e. The normalized spacial score (nSPS) is 14.0. The van der Waals surface area contributed by atoms with Crippen LogP contribution in [0.25, 0.3) is 0 Å². The second-order valence-corrected chi connectivity index (χ2v) is 4.24. The first-order valence-corrected chi connectivity index (χ1v) is 4.44. The predicted molar refractivity (Wildman–Crippen MR) is 52.2 cm³/mol. The Morgan fingerprint density at radius 2 is 2.08 bits per heavy atom. The molecule has 0 heterocycles. The Balaban J connectivity index is 3.97. The molecule has 1 amide bonds. The molecule has 4 heteroatoms. The molecule has 0 spiro atoms. The standard InChI is InChI=1S/C9H20N2O2/c1-7(10)5-8(12)11(4)6-9(2,3)13/h7,13H,5-6,10H2,1-4H3. The fraction of sp³-hybridized carbons (Fsp3) is 0.889. The number of aliphatic hydroxyl groups is 1. The highest BCUT2D eigenvalue weighted by Gasteiger charge is 2.19. The largest absolute Gasteiger partial charge is 0.389 e. The van der Waals surface area contributed by atoms with Crippen LogP contribution in [0.3, 0.4) is 0 Å². The third kappa shape index (κ3) is 6.54. The first-order chi connectivity index (χ1) is 5.72. The molecule has 0 radical (unpaired) electrons. The second kappa shape index (κ2) is 4.58. The number of likely N-dealkylation sites (N-methyl/N-ethyl adjacent to an activating group) is 1. The van der Waals surface area contributed by atoms with Crippen LogP contribution in [0.1, 0.15) is 27.2 Å². The minimum absolute atomic E-state index is 0.0304. The fourth-order valence-electron chi connectivity index (χ4n) is 1.10. The Hall–Kier alpha value is -0.610. The van der Waals surface area contributed by atoms with Crippen molar-refractivity contribution < 1.29 is 9.90 Å². The molecule has 1 atom stereocenters. The summed E-state index contributed by atoms with van der Waals surface area (Å²) in [5.41, 5.74) is 4.64. The van der Waals surface area contributed by atoms with Gasteiger partial charge in [-0.2, -0.15) is 0 Å². The quantitative estimate of drug-likeness (QED) is 0.650. The van der Waals surface area contributed by atoms with E-state index >= 15 is 0 Å². The maximum Gasteiger partial charge on any atom is 0.223 e. The maximum absolute atomic E-state index is 11.4. The van der Waals surface area contributed by atoms with Gasteiger partial charge in [-0.05, 0) is 20.8 Å². The van der Waals surface area contributed by atoms with Crippen molar-refractivity contribution in [3.63, 3.8) is 0 Å². The van der Waals surface area contributed by atoms with Crippen molar-refractivity contribution in [3.05, 3.63) is 0 Å². The van der Waals surface area contributed by atoms with Gasteiger partial charge in [-0.3, -0.25) is 4.79 Å². The fourth-order valence-corrected chi connectivity index (χ4v) is 1.10. The third-order valence-corrected chi connectivity index (χ3v) is 1.55. The smallest absolute Gasteiger partial charge is 0.223 e. The number of nitrogens with two attached hydrogens (primary N) is 1. The lowest BCUT2D eigenvalue weighted by Gasteiger charge is -2.26. The minimum atomic E-state index is -0.845. The summed E-state index contributed by atoms with van der Waals surface area (Å²) in [4.78, 5) is 12.9. The molecule has 0 aliphatic carbocycles. The molecule has 1 unspecified atom stereocenters. The Bertz CT molecular complexity index is 173. The summed E-state index contributed by atoms with van der Waals surface area (Å²) in [5.74, 6) is -0.0304. The van der Waals surface area contributed by atoms with E-state index in [-0.39, 0.29) is 11.9 Å². The zero-order valence-corrected chi connectivity index (χ0v) is 8.87. The highest BCUT2D eigenvalue weighted by molar-refractivity contribution is 5.76. The molecule has 4 nitrogen and oxygen atoms in total. The Labute approximate surface area is 79.7 Å². The molecule has 0 saturated heterocycles. The lowest BCUT2D eigenvalue weighted by molar-refractivity contribution is -0.132. The number of carbonyl (C=O) groups is 1. The van der Waals surface area contributed by atoms with Gasteiger partial charge in [0, 0.05) is 26.1 Å². The lowest BCUT2D eigenvalue weighted by atomic mass is 10.1. The van der Waals surface area contributed by atoms with E-state index in [1.54, 1.807) is 27.8 Å². The average Bonchev–Trinajstić information content (AvgIpc) is 1.81. The molecule has 13 heavy (non-hydrogen) atoms. The highest BCUT2D eigenvalue weighted by atomic mass is 16.3. The molecule has 0 saturated carbocycles. The van der Waals surface area contributed by atoms with Crippen LogP contribution in [0, 0.1) is 0 Å². The summed E-state index contributed by atoms with van der Waals surface area (Å²) in [6.45, 7) is 5.46. The average molecular weight is 188 g/mol. The Morgan fingerprint density at radius 1 is 1.62 bits per heavy atom. The first kappa shape index (κ1) is 12.4. The number of hydrogen-bond acceptors (Lipinski definition) is 3. The lowest BCUT2D eigenvalue weighted by Crippen LogP contribution is -2.41. The van der Waals surface area contributed by atoms with Crippen molar-refractivity contribution in [1.82, 2.24) is 4.90 Å². The molecule has 0 bridgehead atoms. The van der Waals surface area contributed by atoms with E-state index in [1.807, 2.05) is 0 Å². The number of nitrogens with zero attached hydrogens (tertiary/aromatic N) is 1. The molecule has 0 aliphatic heterocycles. The van der Waals surface area contributed by atoms with Crippen molar-refractivity contribution >= 4 is 5.91 Å². The van der Waals surface area contributed by atoms with Gasteiger partial charge < -0.3 is 15.7 Å². The van der Waals surface area contributed by atoms with E-state index in [0.29, 0.717) is 13.0 Å². The van der Waals surface area contributed by atoms with Crippen LogP contribution in [-0.2, 0) is 4.79 Å². The zero-order valence-electron chi connectivity index (χ0n) is 8.87. The molecule has 0 aromatic heterocycles. The highest BCUT2D eigenvalue weighted by Crippen LogP contribution is 2.04. The van der Waals surface area contributed by atoms with Gasteiger partial charge in [-0.1, -0.05) is 0 Å². The summed E-state index contributed by atoms with van der Waals surface area (Å²) in [5, 5.41) is 9.45. The molecular weight excluding hydrogens is 168 g/mol. The molecular formula is C9H20N2O2. The van der Waals surface area contributed by atoms with Gasteiger partial charge in [0.05, 0.1) is 5.60 Å². The molecule has 0 aromatic rings. The van der Waals surface area contributed by atoms with E-state index in [4.69, 9.17) is 5.73 Å². The van der Waals surface area contributed by atoms with Crippen LogP contribution in [0.15, 0.2) is 0 Å². The summed E-state index contributed by atoms with van der Waals surface area (Å²) in [7, 11) is 1.67. The Morgan fingerprint density at radius 3 is 2.38 bits per heavy atom. The van der Waals surface area contributed by atoms with E-state index in [1.165, 1.54) is 4.90 Å². The molecule has 0 aliphatic rings. The van der Waals surface area contributed by atoms with Gasteiger partial charge in [-0.25, -0.2) is 0 Å². The van der Waals surface area contributed by atoms with Crippen molar-refractivity contribution in [2.45, 2.75) is 38.8 Å². The monoisotopic (exact) mass is 188 g/mol. The summed E-state index contributed by atoms with van der Waals surface area (Å²) < 4.78 is 0. The summed E-state index contributed by atoms with van der Waals surface area (Å²) in [6, 6.07) is -0.128. The van der Waals surface area contributed by atoms with E-state index in [2.05, 4.69) is 0 Å². The van der Waals surface area contributed by atoms with Crippen molar-refractivity contribution in [3.8, 4) is 0 Å². The molecule has 78 valence electrons. The zero-order chi connectivity index (χ0) is 10.6. The van der Waals surface area contributed by atoms with Gasteiger partial charge in [0.25, 0.3) is 0 Å². The van der Waals surface area contributed by atoms with Crippen molar-refractivity contribution in [1.29, 1.82) is 0 Å². The molecule has 3 N–H and O–H groups in total. The summed E-state index contributed by atoms with van der Waals surface area (Å²) >= 11 is 0. The molecule has 0 fully saturated rings. The third-order valence-electron chi connectivity index (χ3n) is 1.55. The molecule has 0 rings (SSSR count). The van der Waals surface area contributed by atoms with E-state index < -0.39 is 5.60 Å². The van der Waals surface area contributed by atoms with Gasteiger partial charge in [0.2, 0.25) is 5.91 Å². The number of carbonyl (C=O) groups excluding carboxylic acids is 1. The number of hydrogen-bond donors (Lipinski definition) is 2. The Kier molecular flexibility index (Phi) is 4.36.